The average Bonchev–Trinajstić information content (AvgIpc) is 2.91. The van der Waals surface area contributed by atoms with Crippen molar-refractivity contribution in [2.45, 2.75) is 76.5 Å². The summed E-state index contributed by atoms with van der Waals surface area (Å²) in [6.45, 7) is 3.88. The zero-order valence-electron chi connectivity index (χ0n) is 22.8. The first-order valence-corrected chi connectivity index (χ1v) is 13.1. The number of amides is 3. The molecule has 0 radical (unpaired) electrons. The van der Waals surface area contributed by atoms with E-state index in [0.717, 1.165) is 0 Å². The molecule has 0 aliphatic carbocycles. The molecule has 0 aliphatic heterocycles. The van der Waals surface area contributed by atoms with Crippen LogP contribution in [-0.2, 0) is 30.4 Å². The third-order valence-electron chi connectivity index (χ3n) is 6.32. The van der Waals surface area contributed by atoms with E-state index in [9.17, 15) is 29.1 Å². The van der Waals surface area contributed by atoms with Crippen LogP contribution in [0.1, 0.15) is 51.5 Å². The lowest BCUT2D eigenvalue weighted by atomic mass is 9.98. The Morgan fingerprint density at radius 1 is 0.875 bits per heavy atom. The summed E-state index contributed by atoms with van der Waals surface area (Å²) >= 11 is 0. The van der Waals surface area contributed by atoms with Crippen molar-refractivity contribution in [2.75, 3.05) is 6.54 Å². The first kappa shape index (κ1) is 33.8. The molecule has 14 nitrogen and oxygen atoms in total. The molecule has 0 heterocycles. The molecule has 14 heteroatoms. The fraction of sp³-hybridized carbons (Fsp3) is 0.538. The highest BCUT2D eigenvalue weighted by Crippen LogP contribution is 2.09. The normalized spacial score (nSPS) is 14.5. The molecule has 1 rings (SSSR count). The lowest BCUT2D eigenvalue weighted by Gasteiger charge is -2.26. The Kier molecular flexibility index (Phi) is 14.7. The van der Waals surface area contributed by atoms with Gasteiger partial charge in [0.1, 0.15) is 18.1 Å². The Bertz CT molecular complexity index is 1030. The minimum absolute atomic E-state index is 0.00469. The van der Waals surface area contributed by atoms with Crippen LogP contribution in [0.15, 0.2) is 35.3 Å². The number of guanidine groups is 1. The van der Waals surface area contributed by atoms with Gasteiger partial charge in [-0.1, -0.05) is 50.6 Å². The van der Waals surface area contributed by atoms with Crippen molar-refractivity contribution in [3.8, 4) is 0 Å². The Labute approximate surface area is 233 Å². The van der Waals surface area contributed by atoms with Crippen LogP contribution in [0.2, 0.25) is 0 Å². The molecule has 0 bridgehead atoms. The first-order valence-electron chi connectivity index (χ1n) is 13.1. The van der Waals surface area contributed by atoms with E-state index in [1.54, 1.807) is 30.3 Å². The van der Waals surface area contributed by atoms with E-state index in [0.29, 0.717) is 18.4 Å². The largest absolute Gasteiger partial charge is 0.481 e. The van der Waals surface area contributed by atoms with Crippen LogP contribution >= 0.6 is 0 Å². The van der Waals surface area contributed by atoms with Crippen molar-refractivity contribution < 1.29 is 34.2 Å². The van der Waals surface area contributed by atoms with Crippen molar-refractivity contribution in [1.82, 2.24) is 16.0 Å². The fourth-order valence-corrected chi connectivity index (χ4v) is 3.68. The summed E-state index contributed by atoms with van der Waals surface area (Å²) < 4.78 is 0. The van der Waals surface area contributed by atoms with E-state index in [1.165, 1.54) is 0 Å². The number of carboxylic acid groups (broad SMARTS) is 2. The van der Waals surface area contributed by atoms with Crippen LogP contribution in [0.5, 0.6) is 0 Å². The summed E-state index contributed by atoms with van der Waals surface area (Å²) in [7, 11) is 0. The van der Waals surface area contributed by atoms with Gasteiger partial charge in [0, 0.05) is 19.4 Å². The third-order valence-corrected chi connectivity index (χ3v) is 6.32. The Hall–Kier alpha value is -4.20. The number of nitrogens with two attached hydrogens (primary N) is 3. The third kappa shape index (κ3) is 12.6. The van der Waals surface area contributed by atoms with Gasteiger partial charge in [0.25, 0.3) is 0 Å². The molecule has 0 saturated carbocycles. The number of carboxylic acids is 2. The number of carbonyl (C=O) groups excluding carboxylic acids is 3. The van der Waals surface area contributed by atoms with Crippen LogP contribution in [0.3, 0.4) is 0 Å². The van der Waals surface area contributed by atoms with Gasteiger partial charge in [-0.2, -0.15) is 0 Å². The van der Waals surface area contributed by atoms with Gasteiger partial charge in [0.05, 0.1) is 6.04 Å². The van der Waals surface area contributed by atoms with E-state index in [1.807, 2.05) is 13.8 Å². The second-order valence-corrected chi connectivity index (χ2v) is 9.50. The molecule has 0 aromatic heterocycles. The number of nitrogens with zero attached hydrogens (tertiary/aromatic N) is 1. The molecular formula is C26H41N7O7. The minimum Gasteiger partial charge on any atom is -0.481 e. The summed E-state index contributed by atoms with van der Waals surface area (Å²) in [6, 6.07) is 4.02. The maximum atomic E-state index is 13.4. The lowest BCUT2D eigenvalue weighted by molar-refractivity contribution is -0.143. The Balaban J connectivity index is 3.18. The molecule has 0 spiro atoms. The molecule has 0 aliphatic rings. The van der Waals surface area contributed by atoms with Crippen LogP contribution in [-0.4, -0.2) is 76.5 Å². The maximum Gasteiger partial charge on any atom is 0.326 e. The summed E-state index contributed by atoms with van der Waals surface area (Å²) in [6.07, 6.45) is 0.261. The monoisotopic (exact) mass is 563 g/mol. The lowest BCUT2D eigenvalue weighted by Crippen LogP contribution is -2.58. The van der Waals surface area contributed by atoms with Gasteiger partial charge in [-0.05, 0) is 30.7 Å². The second-order valence-electron chi connectivity index (χ2n) is 9.50. The zero-order chi connectivity index (χ0) is 30.2. The molecule has 3 amide bonds. The van der Waals surface area contributed by atoms with E-state index in [2.05, 4.69) is 20.9 Å². The highest BCUT2D eigenvalue weighted by molar-refractivity contribution is 5.94. The van der Waals surface area contributed by atoms with Crippen LogP contribution in [0.25, 0.3) is 0 Å². The highest BCUT2D eigenvalue weighted by Gasteiger charge is 2.31. The smallest absolute Gasteiger partial charge is 0.326 e. The van der Waals surface area contributed by atoms with Crippen LogP contribution in [0, 0.1) is 5.92 Å². The number of hydrogen-bond acceptors (Lipinski definition) is 7. The fourth-order valence-electron chi connectivity index (χ4n) is 3.68. The van der Waals surface area contributed by atoms with Crippen molar-refractivity contribution in [3.05, 3.63) is 35.9 Å². The molecule has 0 fully saturated rings. The average molecular weight is 564 g/mol. The number of carbonyl (C=O) groups is 5. The predicted octanol–water partition coefficient (Wildman–Crippen LogP) is -0.940. The maximum absolute atomic E-state index is 13.4. The summed E-state index contributed by atoms with van der Waals surface area (Å²) in [5.74, 6) is -4.97. The molecule has 11 N–H and O–H groups in total. The first-order chi connectivity index (χ1) is 18.8. The van der Waals surface area contributed by atoms with E-state index >= 15 is 0 Å². The SMILES string of the molecule is CCC(C)C(N)C(=O)NC(CCCN=C(N)N)C(=O)NC(Cc1ccccc1)C(=O)NC(CCC(=O)O)C(=O)O. The summed E-state index contributed by atoms with van der Waals surface area (Å²) in [5.41, 5.74) is 17.4. The Morgan fingerprint density at radius 2 is 1.45 bits per heavy atom. The van der Waals surface area contributed by atoms with Gasteiger partial charge >= 0.3 is 11.9 Å². The highest BCUT2D eigenvalue weighted by atomic mass is 16.4. The second kappa shape index (κ2) is 17.4. The number of aliphatic imine (C=N–C) groups is 1. The summed E-state index contributed by atoms with van der Waals surface area (Å²) in [4.78, 5) is 65.8. The van der Waals surface area contributed by atoms with Crippen LogP contribution in [0.4, 0.5) is 0 Å². The predicted molar refractivity (Wildman–Crippen MR) is 148 cm³/mol. The van der Waals surface area contributed by atoms with Crippen molar-refractivity contribution in [3.63, 3.8) is 0 Å². The summed E-state index contributed by atoms with van der Waals surface area (Å²) in [5, 5.41) is 25.9. The van der Waals surface area contributed by atoms with Crippen molar-refractivity contribution in [2.24, 2.45) is 28.1 Å². The quantitative estimate of drug-likeness (QED) is 0.0618. The van der Waals surface area contributed by atoms with Gasteiger partial charge in [-0.25, -0.2) is 4.79 Å². The van der Waals surface area contributed by atoms with Gasteiger partial charge in [0.2, 0.25) is 17.7 Å². The molecule has 1 aromatic rings. The number of nitrogens with one attached hydrogen (secondary N) is 3. The molecule has 1 aromatic carbocycles. The molecule has 5 unspecified atom stereocenters. The van der Waals surface area contributed by atoms with E-state index < -0.39 is 60.2 Å². The molecule has 222 valence electrons. The van der Waals surface area contributed by atoms with Crippen molar-refractivity contribution in [1.29, 1.82) is 0 Å². The number of rotatable bonds is 18. The van der Waals surface area contributed by atoms with Gasteiger partial charge in [-0.15, -0.1) is 0 Å². The number of benzene rings is 1. The van der Waals surface area contributed by atoms with Crippen molar-refractivity contribution >= 4 is 35.6 Å². The minimum atomic E-state index is -1.48. The van der Waals surface area contributed by atoms with E-state index in [-0.39, 0.29) is 37.7 Å². The Morgan fingerprint density at radius 3 is 2.00 bits per heavy atom. The van der Waals surface area contributed by atoms with Crippen LogP contribution < -0.4 is 33.2 Å². The molecular weight excluding hydrogens is 522 g/mol. The van der Waals surface area contributed by atoms with E-state index in [4.69, 9.17) is 22.3 Å². The number of aliphatic carboxylic acids is 2. The zero-order valence-corrected chi connectivity index (χ0v) is 22.8. The molecule has 5 atom stereocenters. The van der Waals surface area contributed by atoms with Gasteiger partial charge < -0.3 is 43.4 Å². The molecule has 40 heavy (non-hydrogen) atoms. The molecule has 0 saturated heterocycles. The number of hydrogen-bond donors (Lipinski definition) is 8. The topological polar surface area (TPSA) is 252 Å². The standard InChI is InChI=1S/C26H41N7O7/c1-3-15(2)21(27)24(38)31-17(10-7-13-30-26(28)29)22(36)33-19(14-16-8-5-4-6-9-16)23(37)32-18(25(39)40)11-12-20(34)35/h4-6,8-9,15,17-19,21H,3,7,10-14,27H2,1-2H3,(H,31,38)(H,32,37)(H,33,36)(H,34,35)(H,39,40)(H4,28,29,30). The van der Waals surface area contributed by atoms with Gasteiger partial charge in [-0.3, -0.25) is 24.2 Å². The van der Waals surface area contributed by atoms with Gasteiger partial charge in [0.15, 0.2) is 5.96 Å².